The monoisotopic (exact) mass is 265 g/mol. The Morgan fingerprint density at radius 1 is 1.17 bits per heavy atom. The van der Waals surface area contributed by atoms with Crippen LogP contribution in [0.2, 0.25) is 0 Å². The van der Waals surface area contributed by atoms with E-state index in [1.54, 1.807) is 0 Å². The zero-order valence-electron chi connectivity index (χ0n) is 11.6. The molecule has 18 heavy (non-hydrogen) atoms. The molecule has 0 bridgehead atoms. The molecule has 0 aromatic heterocycles. The Kier molecular flexibility index (Phi) is 4.23. The third-order valence-corrected chi connectivity index (χ3v) is 5.29. The van der Waals surface area contributed by atoms with Crippen LogP contribution in [-0.2, 0) is 11.0 Å². The van der Waals surface area contributed by atoms with E-state index in [0.29, 0.717) is 6.04 Å². The lowest BCUT2D eigenvalue weighted by Crippen LogP contribution is -2.42. The lowest BCUT2D eigenvalue weighted by Gasteiger charge is -2.38. The fourth-order valence-corrected chi connectivity index (χ4v) is 3.92. The van der Waals surface area contributed by atoms with Crippen molar-refractivity contribution in [1.82, 2.24) is 4.31 Å². The summed E-state index contributed by atoms with van der Waals surface area (Å²) >= 11 is 0. The molecule has 100 valence electrons. The zero-order valence-corrected chi connectivity index (χ0v) is 12.4. The second-order valence-corrected chi connectivity index (χ2v) is 8.12. The van der Waals surface area contributed by atoms with E-state index in [4.69, 9.17) is 0 Å². The fraction of sp³-hybridized carbons (Fsp3) is 0.600. The maximum atomic E-state index is 12.6. The van der Waals surface area contributed by atoms with Crippen LogP contribution in [0.5, 0.6) is 0 Å². The van der Waals surface area contributed by atoms with Gasteiger partial charge in [-0.2, -0.15) is 0 Å². The molecule has 1 aliphatic rings. The molecule has 1 aromatic carbocycles. The molecule has 0 amide bonds. The molecule has 0 spiro atoms. The lowest BCUT2D eigenvalue weighted by molar-refractivity contribution is 0.264. The summed E-state index contributed by atoms with van der Waals surface area (Å²) in [5.74, 6) is 0. The third kappa shape index (κ3) is 3.01. The lowest BCUT2D eigenvalue weighted by atomic mass is 9.98. The first kappa shape index (κ1) is 13.8. The zero-order chi connectivity index (χ0) is 13.2. The highest BCUT2D eigenvalue weighted by Crippen LogP contribution is 2.34. The van der Waals surface area contributed by atoms with Crippen LogP contribution >= 0.6 is 0 Å². The van der Waals surface area contributed by atoms with Crippen LogP contribution < -0.4 is 0 Å². The smallest absolute Gasteiger partial charge is 0.100 e. The van der Waals surface area contributed by atoms with Crippen molar-refractivity contribution in [3.8, 4) is 0 Å². The van der Waals surface area contributed by atoms with Crippen molar-refractivity contribution in [2.24, 2.45) is 0 Å². The maximum absolute atomic E-state index is 12.6. The highest BCUT2D eigenvalue weighted by Gasteiger charge is 2.33. The Labute approximate surface area is 113 Å². The Hall–Kier alpha value is -0.670. The molecule has 2 nitrogen and oxygen atoms in total. The van der Waals surface area contributed by atoms with Crippen molar-refractivity contribution in [2.45, 2.75) is 50.8 Å². The first-order valence-corrected chi connectivity index (χ1v) is 7.84. The van der Waals surface area contributed by atoms with E-state index in [0.717, 1.165) is 19.4 Å². The van der Waals surface area contributed by atoms with Crippen molar-refractivity contribution in [3.63, 3.8) is 0 Å². The van der Waals surface area contributed by atoms with Gasteiger partial charge in [0.25, 0.3) is 0 Å². The predicted octanol–water partition coefficient (Wildman–Crippen LogP) is 3.68. The minimum atomic E-state index is -0.921. The van der Waals surface area contributed by atoms with Crippen molar-refractivity contribution >= 4 is 11.0 Å². The normalized spacial score (nSPS) is 23.8. The van der Waals surface area contributed by atoms with E-state index in [9.17, 15) is 4.21 Å². The van der Waals surface area contributed by atoms with Crippen LogP contribution in [-0.4, -0.2) is 19.8 Å². The van der Waals surface area contributed by atoms with Gasteiger partial charge in [0.2, 0.25) is 0 Å². The quantitative estimate of drug-likeness (QED) is 0.799. The second kappa shape index (κ2) is 5.54. The number of hydrogen-bond acceptors (Lipinski definition) is 1. The van der Waals surface area contributed by atoms with E-state index in [1.165, 1.54) is 12.0 Å². The topological polar surface area (TPSA) is 20.3 Å². The standard InChI is InChI=1S/C15H23NOS/c1-15(2,3)18(17)16-12-8-7-11-14(16)13-9-5-4-6-10-13/h4-6,9-10,14H,7-8,11-12H2,1-3H3/t14-,18-/m0/s1. The Balaban J connectivity index is 2.24. The van der Waals surface area contributed by atoms with Gasteiger partial charge in [0.15, 0.2) is 0 Å². The minimum absolute atomic E-state index is 0.176. The molecule has 1 fully saturated rings. The van der Waals surface area contributed by atoms with Gasteiger partial charge < -0.3 is 0 Å². The third-order valence-electron chi connectivity index (χ3n) is 3.37. The summed E-state index contributed by atoms with van der Waals surface area (Å²) in [6, 6.07) is 10.8. The number of benzene rings is 1. The summed E-state index contributed by atoms with van der Waals surface area (Å²) in [7, 11) is -0.921. The van der Waals surface area contributed by atoms with Gasteiger partial charge in [-0.25, -0.2) is 8.51 Å². The van der Waals surface area contributed by atoms with Gasteiger partial charge in [-0.1, -0.05) is 36.8 Å². The summed E-state index contributed by atoms with van der Waals surface area (Å²) in [5.41, 5.74) is 1.30. The van der Waals surface area contributed by atoms with Crippen LogP contribution in [0.3, 0.4) is 0 Å². The average Bonchev–Trinajstić information content (AvgIpc) is 2.38. The minimum Gasteiger partial charge on any atom is -0.242 e. The molecule has 0 N–H and O–H groups in total. The molecule has 2 atom stereocenters. The van der Waals surface area contributed by atoms with Gasteiger partial charge in [0.1, 0.15) is 11.0 Å². The molecule has 3 heteroatoms. The Morgan fingerprint density at radius 3 is 2.44 bits per heavy atom. The van der Waals surface area contributed by atoms with Crippen molar-refractivity contribution in [2.75, 3.05) is 6.54 Å². The number of piperidine rings is 1. The van der Waals surface area contributed by atoms with Crippen LogP contribution in [0.25, 0.3) is 0 Å². The van der Waals surface area contributed by atoms with Crippen LogP contribution in [0.1, 0.15) is 51.6 Å². The number of rotatable bonds is 2. The van der Waals surface area contributed by atoms with Crippen molar-refractivity contribution in [3.05, 3.63) is 35.9 Å². The van der Waals surface area contributed by atoms with Gasteiger partial charge in [0.05, 0.1) is 4.75 Å². The summed E-state index contributed by atoms with van der Waals surface area (Å²) in [6.45, 7) is 7.11. The first-order chi connectivity index (χ1) is 8.50. The Bertz CT molecular complexity index is 410. The maximum Gasteiger partial charge on any atom is 0.100 e. The molecule has 0 saturated carbocycles. The van der Waals surface area contributed by atoms with E-state index in [1.807, 2.05) is 6.07 Å². The van der Waals surface area contributed by atoms with Crippen molar-refractivity contribution in [1.29, 1.82) is 0 Å². The van der Waals surface area contributed by atoms with Crippen molar-refractivity contribution < 1.29 is 4.21 Å². The first-order valence-electron chi connectivity index (χ1n) is 6.74. The van der Waals surface area contributed by atoms with E-state index >= 15 is 0 Å². The molecule has 2 rings (SSSR count). The molecule has 1 heterocycles. The highest BCUT2D eigenvalue weighted by atomic mass is 32.2. The van der Waals surface area contributed by atoms with E-state index in [-0.39, 0.29) is 4.75 Å². The van der Waals surface area contributed by atoms with Gasteiger partial charge in [0, 0.05) is 12.6 Å². The van der Waals surface area contributed by atoms with E-state index in [2.05, 4.69) is 49.3 Å². The average molecular weight is 265 g/mol. The largest absolute Gasteiger partial charge is 0.242 e. The van der Waals surface area contributed by atoms with Crippen LogP contribution in [0, 0.1) is 0 Å². The molecule has 1 aromatic rings. The van der Waals surface area contributed by atoms with Gasteiger partial charge >= 0.3 is 0 Å². The van der Waals surface area contributed by atoms with Gasteiger partial charge in [-0.15, -0.1) is 0 Å². The molecule has 1 saturated heterocycles. The summed E-state index contributed by atoms with van der Waals surface area (Å²) in [6.07, 6.45) is 3.51. The summed E-state index contributed by atoms with van der Waals surface area (Å²) < 4.78 is 14.7. The molecule has 0 radical (unpaired) electrons. The fourth-order valence-electron chi connectivity index (χ4n) is 2.46. The molecule has 1 aliphatic heterocycles. The van der Waals surface area contributed by atoms with Crippen LogP contribution in [0.15, 0.2) is 30.3 Å². The summed E-state index contributed by atoms with van der Waals surface area (Å²) in [5, 5.41) is 0. The number of hydrogen-bond donors (Lipinski definition) is 0. The van der Waals surface area contributed by atoms with Gasteiger partial charge in [-0.3, -0.25) is 0 Å². The van der Waals surface area contributed by atoms with Crippen LogP contribution in [0.4, 0.5) is 0 Å². The Morgan fingerprint density at radius 2 is 1.83 bits per heavy atom. The van der Waals surface area contributed by atoms with Gasteiger partial charge in [-0.05, 0) is 39.2 Å². The highest BCUT2D eigenvalue weighted by molar-refractivity contribution is 7.84. The molecular weight excluding hydrogens is 242 g/mol. The molecular formula is C15H23NOS. The second-order valence-electron chi connectivity index (χ2n) is 5.92. The summed E-state index contributed by atoms with van der Waals surface area (Å²) in [4.78, 5) is 0. The molecule has 0 aliphatic carbocycles. The number of nitrogens with zero attached hydrogens (tertiary/aromatic N) is 1. The SMILES string of the molecule is CC(C)(C)[S@](=O)N1CCCC[C@H]1c1ccccc1. The molecule has 0 unspecified atom stereocenters. The van der Waals surface area contributed by atoms with E-state index < -0.39 is 11.0 Å². The predicted molar refractivity (Wildman–Crippen MR) is 77.6 cm³/mol.